The number of aromatic amines is 1. The number of aromatic nitrogens is 2. The Balaban J connectivity index is 1.88. The zero-order chi connectivity index (χ0) is 8.39. The Hall–Kier alpha value is -0.830. The van der Waals surface area contributed by atoms with Crippen LogP contribution in [0.3, 0.4) is 0 Å². The van der Waals surface area contributed by atoms with Gasteiger partial charge in [0, 0.05) is 30.9 Å². The first-order valence-corrected chi connectivity index (χ1v) is 4.62. The van der Waals surface area contributed by atoms with Gasteiger partial charge in [0.15, 0.2) is 0 Å². The summed E-state index contributed by atoms with van der Waals surface area (Å²) in [5.74, 6) is 0. The number of nitrogens with zero attached hydrogens (tertiary/aromatic N) is 2. The summed E-state index contributed by atoms with van der Waals surface area (Å²) in [4.78, 5) is 2.50. The van der Waals surface area contributed by atoms with Crippen molar-refractivity contribution in [2.45, 2.75) is 32.4 Å². The largest absolute Gasteiger partial charge is 0.296 e. The fourth-order valence-corrected chi connectivity index (χ4v) is 1.76. The molecule has 1 aliphatic heterocycles. The summed E-state index contributed by atoms with van der Waals surface area (Å²) in [6.45, 7) is 4.57. The molecule has 1 saturated heterocycles. The summed E-state index contributed by atoms with van der Waals surface area (Å²) < 4.78 is 0. The van der Waals surface area contributed by atoms with E-state index in [1.807, 2.05) is 12.4 Å². The van der Waals surface area contributed by atoms with E-state index in [9.17, 15) is 0 Å². The highest BCUT2D eigenvalue weighted by atomic mass is 15.2. The van der Waals surface area contributed by atoms with Crippen LogP contribution in [0.25, 0.3) is 0 Å². The van der Waals surface area contributed by atoms with Crippen LogP contribution in [-0.2, 0) is 6.54 Å². The molecule has 2 rings (SSSR count). The van der Waals surface area contributed by atoms with E-state index >= 15 is 0 Å². The molecule has 0 radical (unpaired) electrons. The van der Waals surface area contributed by atoms with Crippen LogP contribution in [-0.4, -0.2) is 27.7 Å². The lowest BCUT2D eigenvalue weighted by Gasteiger charge is -2.40. The Labute approximate surface area is 72.8 Å². The Morgan fingerprint density at radius 1 is 1.75 bits per heavy atom. The van der Waals surface area contributed by atoms with Gasteiger partial charge in [-0.25, -0.2) is 0 Å². The molecule has 0 aliphatic carbocycles. The van der Waals surface area contributed by atoms with Crippen molar-refractivity contribution in [1.82, 2.24) is 15.1 Å². The van der Waals surface area contributed by atoms with Crippen LogP contribution in [0.15, 0.2) is 12.4 Å². The quantitative estimate of drug-likeness (QED) is 0.734. The number of hydrogen-bond donors (Lipinski definition) is 1. The van der Waals surface area contributed by atoms with Crippen molar-refractivity contribution in [2.24, 2.45) is 0 Å². The van der Waals surface area contributed by atoms with Gasteiger partial charge in [-0.3, -0.25) is 10.00 Å². The molecule has 1 unspecified atom stereocenters. The van der Waals surface area contributed by atoms with E-state index in [1.54, 1.807) is 0 Å². The molecule has 1 aliphatic rings. The molecule has 1 fully saturated rings. The van der Waals surface area contributed by atoms with Crippen LogP contribution < -0.4 is 0 Å². The minimum absolute atomic E-state index is 0.819. The van der Waals surface area contributed by atoms with Gasteiger partial charge in [0.05, 0.1) is 6.20 Å². The third kappa shape index (κ3) is 1.37. The minimum atomic E-state index is 0.819. The molecule has 1 aromatic heterocycles. The first-order valence-electron chi connectivity index (χ1n) is 4.62. The van der Waals surface area contributed by atoms with Crippen LogP contribution in [0.4, 0.5) is 0 Å². The van der Waals surface area contributed by atoms with Gasteiger partial charge < -0.3 is 0 Å². The molecule has 0 amide bonds. The minimum Gasteiger partial charge on any atom is -0.296 e. The number of hydrogen-bond acceptors (Lipinski definition) is 2. The van der Waals surface area contributed by atoms with Crippen LogP contribution >= 0.6 is 0 Å². The molecule has 1 atom stereocenters. The van der Waals surface area contributed by atoms with Crippen molar-refractivity contribution in [3.05, 3.63) is 18.0 Å². The third-order valence-corrected chi connectivity index (χ3v) is 2.68. The average Bonchev–Trinajstić information content (AvgIpc) is 2.51. The maximum absolute atomic E-state index is 3.93. The highest BCUT2D eigenvalue weighted by molar-refractivity contribution is 5.03. The first-order chi connectivity index (χ1) is 5.90. The Morgan fingerprint density at radius 2 is 2.67 bits per heavy atom. The van der Waals surface area contributed by atoms with Crippen LogP contribution in [0.1, 0.15) is 25.3 Å². The van der Waals surface area contributed by atoms with Crippen LogP contribution in [0.5, 0.6) is 0 Å². The normalized spacial score (nSPS) is 23.9. The molecule has 0 aromatic carbocycles. The van der Waals surface area contributed by atoms with Crippen LogP contribution in [0.2, 0.25) is 0 Å². The second kappa shape index (κ2) is 3.27. The summed E-state index contributed by atoms with van der Waals surface area (Å²) in [5, 5.41) is 6.77. The van der Waals surface area contributed by atoms with Crippen molar-refractivity contribution < 1.29 is 0 Å². The first kappa shape index (κ1) is 7.80. The molecule has 2 heterocycles. The number of likely N-dealkylation sites (tertiary alicyclic amines) is 1. The molecule has 66 valence electrons. The number of H-pyrrole nitrogens is 1. The number of rotatable bonds is 3. The van der Waals surface area contributed by atoms with Gasteiger partial charge in [-0.1, -0.05) is 6.92 Å². The second-order valence-electron chi connectivity index (χ2n) is 3.43. The van der Waals surface area contributed by atoms with Crippen molar-refractivity contribution >= 4 is 0 Å². The van der Waals surface area contributed by atoms with Gasteiger partial charge in [-0.2, -0.15) is 5.10 Å². The van der Waals surface area contributed by atoms with Gasteiger partial charge >= 0.3 is 0 Å². The Bertz CT molecular complexity index is 228. The van der Waals surface area contributed by atoms with E-state index in [2.05, 4.69) is 22.0 Å². The van der Waals surface area contributed by atoms with E-state index in [1.165, 1.54) is 24.9 Å². The van der Waals surface area contributed by atoms with Gasteiger partial charge in [0.1, 0.15) is 0 Å². The average molecular weight is 165 g/mol. The summed E-state index contributed by atoms with van der Waals surface area (Å²) in [7, 11) is 0. The summed E-state index contributed by atoms with van der Waals surface area (Å²) in [6.07, 6.45) is 6.53. The lowest BCUT2D eigenvalue weighted by atomic mass is 10.00. The molecule has 3 heteroatoms. The lowest BCUT2D eigenvalue weighted by Crippen LogP contribution is -2.46. The Morgan fingerprint density at radius 3 is 3.17 bits per heavy atom. The molecule has 1 N–H and O–H groups in total. The van der Waals surface area contributed by atoms with Gasteiger partial charge in [-0.05, 0) is 12.8 Å². The summed E-state index contributed by atoms with van der Waals surface area (Å²) in [6, 6.07) is 0.819. The highest BCUT2D eigenvalue weighted by Gasteiger charge is 2.25. The molecule has 3 nitrogen and oxygen atoms in total. The maximum Gasteiger partial charge on any atom is 0.0532 e. The monoisotopic (exact) mass is 165 g/mol. The zero-order valence-corrected chi connectivity index (χ0v) is 7.45. The molecular weight excluding hydrogens is 150 g/mol. The smallest absolute Gasteiger partial charge is 0.0532 e. The molecule has 0 saturated carbocycles. The van der Waals surface area contributed by atoms with Crippen molar-refractivity contribution in [3.63, 3.8) is 0 Å². The third-order valence-electron chi connectivity index (χ3n) is 2.68. The molecule has 12 heavy (non-hydrogen) atoms. The molecule has 1 aromatic rings. The van der Waals surface area contributed by atoms with E-state index in [-0.39, 0.29) is 0 Å². The van der Waals surface area contributed by atoms with E-state index in [0.29, 0.717) is 0 Å². The van der Waals surface area contributed by atoms with E-state index < -0.39 is 0 Å². The van der Waals surface area contributed by atoms with E-state index in [0.717, 1.165) is 12.6 Å². The Kier molecular flexibility index (Phi) is 2.13. The zero-order valence-electron chi connectivity index (χ0n) is 7.45. The van der Waals surface area contributed by atoms with Crippen molar-refractivity contribution in [2.75, 3.05) is 6.54 Å². The van der Waals surface area contributed by atoms with E-state index in [4.69, 9.17) is 0 Å². The standard InChI is InChI=1S/C9H15N3/c1-2-9-3-4-12(9)7-8-5-10-11-6-8/h5-6,9H,2-4,7H2,1H3,(H,10,11). The lowest BCUT2D eigenvalue weighted by molar-refractivity contribution is 0.0791. The van der Waals surface area contributed by atoms with Gasteiger partial charge in [0.25, 0.3) is 0 Å². The topological polar surface area (TPSA) is 31.9 Å². The summed E-state index contributed by atoms with van der Waals surface area (Å²) >= 11 is 0. The molecular formula is C9H15N3. The van der Waals surface area contributed by atoms with Crippen LogP contribution in [0, 0.1) is 0 Å². The van der Waals surface area contributed by atoms with Gasteiger partial charge in [-0.15, -0.1) is 0 Å². The molecule has 0 spiro atoms. The van der Waals surface area contributed by atoms with Crippen molar-refractivity contribution in [1.29, 1.82) is 0 Å². The predicted octanol–water partition coefficient (Wildman–Crippen LogP) is 1.39. The fourth-order valence-electron chi connectivity index (χ4n) is 1.76. The highest BCUT2D eigenvalue weighted by Crippen LogP contribution is 2.21. The second-order valence-corrected chi connectivity index (χ2v) is 3.43. The number of nitrogens with one attached hydrogen (secondary N) is 1. The van der Waals surface area contributed by atoms with Crippen molar-refractivity contribution in [3.8, 4) is 0 Å². The maximum atomic E-state index is 3.93. The SMILES string of the molecule is CCC1CCN1Cc1cn[nH]c1. The predicted molar refractivity (Wildman–Crippen MR) is 47.7 cm³/mol. The summed E-state index contributed by atoms with van der Waals surface area (Å²) in [5.41, 5.74) is 1.30. The van der Waals surface area contributed by atoms with Gasteiger partial charge in [0.2, 0.25) is 0 Å². The fraction of sp³-hybridized carbons (Fsp3) is 0.667. The molecule has 0 bridgehead atoms.